The summed E-state index contributed by atoms with van der Waals surface area (Å²) in [5.74, 6) is -0.300. The first-order valence-electron chi connectivity index (χ1n) is 5.22. The summed E-state index contributed by atoms with van der Waals surface area (Å²) in [7, 11) is 0. The third-order valence-electron chi connectivity index (χ3n) is 3.00. The van der Waals surface area contributed by atoms with Gasteiger partial charge in [-0.3, -0.25) is 4.79 Å². The second-order valence-corrected chi connectivity index (χ2v) is 4.07. The number of rotatable bonds is 4. The van der Waals surface area contributed by atoms with E-state index in [-0.39, 0.29) is 0 Å². The number of carboxylic acids is 1. The highest BCUT2D eigenvalue weighted by atomic mass is 16.4. The molecular formula is C12H15NO2. The molecule has 2 rings (SSSR count). The molecule has 0 spiro atoms. The molecule has 0 fully saturated rings. The molecule has 1 aromatic rings. The van der Waals surface area contributed by atoms with Crippen LogP contribution in [-0.4, -0.2) is 23.7 Å². The van der Waals surface area contributed by atoms with E-state index < -0.39 is 12.0 Å². The molecule has 2 unspecified atom stereocenters. The van der Waals surface area contributed by atoms with Gasteiger partial charge >= 0.3 is 5.97 Å². The van der Waals surface area contributed by atoms with Crippen molar-refractivity contribution in [2.24, 2.45) is 0 Å². The first kappa shape index (κ1) is 10.2. The third-order valence-corrected chi connectivity index (χ3v) is 3.00. The number of hydrogen-bond donors (Lipinski definition) is 2. The molecule has 2 atom stereocenters. The summed E-state index contributed by atoms with van der Waals surface area (Å²) < 4.78 is 0. The summed E-state index contributed by atoms with van der Waals surface area (Å²) in [6, 6.07) is 7.87. The molecule has 0 heterocycles. The molecule has 0 bridgehead atoms. The minimum Gasteiger partial charge on any atom is -0.480 e. The SMILES string of the molecule is CC(NCC1Cc2ccccc21)C(=O)O. The number of aliphatic carboxylic acids is 1. The Morgan fingerprint density at radius 2 is 2.33 bits per heavy atom. The van der Waals surface area contributed by atoms with Crippen molar-refractivity contribution in [3.8, 4) is 0 Å². The van der Waals surface area contributed by atoms with Gasteiger partial charge in [-0.1, -0.05) is 24.3 Å². The quantitative estimate of drug-likeness (QED) is 0.781. The van der Waals surface area contributed by atoms with E-state index in [9.17, 15) is 4.79 Å². The molecule has 0 saturated carbocycles. The summed E-state index contributed by atoms with van der Waals surface area (Å²) in [5, 5.41) is 11.7. The molecule has 0 radical (unpaired) electrons. The van der Waals surface area contributed by atoms with E-state index in [4.69, 9.17) is 5.11 Å². The lowest BCUT2D eigenvalue weighted by atomic mass is 9.77. The van der Waals surface area contributed by atoms with E-state index in [1.54, 1.807) is 6.92 Å². The lowest BCUT2D eigenvalue weighted by molar-refractivity contribution is -0.139. The van der Waals surface area contributed by atoms with Crippen LogP contribution in [0.5, 0.6) is 0 Å². The Labute approximate surface area is 89.1 Å². The largest absolute Gasteiger partial charge is 0.480 e. The highest BCUT2D eigenvalue weighted by Gasteiger charge is 2.25. The number of carboxylic acid groups (broad SMARTS) is 1. The first-order chi connectivity index (χ1) is 7.18. The predicted octanol–water partition coefficient (Wildman–Crippen LogP) is 1.39. The highest BCUT2D eigenvalue weighted by Crippen LogP contribution is 2.33. The Kier molecular flexibility index (Phi) is 2.73. The topological polar surface area (TPSA) is 49.3 Å². The van der Waals surface area contributed by atoms with E-state index in [1.807, 2.05) is 12.1 Å². The van der Waals surface area contributed by atoms with Crippen LogP contribution < -0.4 is 5.32 Å². The zero-order chi connectivity index (χ0) is 10.8. The van der Waals surface area contributed by atoms with Crippen LogP contribution in [0.1, 0.15) is 24.0 Å². The van der Waals surface area contributed by atoms with E-state index in [2.05, 4.69) is 17.4 Å². The molecule has 3 heteroatoms. The Bertz CT molecular complexity index is 376. The normalized spacial score (nSPS) is 20.2. The van der Waals surface area contributed by atoms with Crippen LogP contribution in [0.3, 0.4) is 0 Å². The Morgan fingerprint density at radius 1 is 1.60 bits per heavy atom. The summed E-state index contributed by atoms with van der Waals surface area (Å²) in [4.78, 5) is 10.6. The van der Waals surface area contributed by atoms with Crippen molar-refractivity contribution in [1.82, 2.24) is 5.32 Å². The first-order valence-corrected chi connectivity index (χ1v) is 5.22. The fourth-order valence-electron chi connectivity index (χ4n) is 1.95. The maximum absolute atomic E-state index is 10.6. The van der Waals surface area contributed by atoms with Gasteiger partial charge in [0.25, 0.3) is 0 Å². The summed E-state index contributed by atoms with van der Waals surface area (Å²) in [6.07, 6.45) is 1.06. The lowest BCUT2D eigenvalue weighted by Crippen LogP contribution is -2.38. The van der Waals surface area contributed by atoms with Crippen molar-refractivity contribution in [3.05, 3.63) is 35.4 Å². The van der Waals surface area contributed by atoms with Crippen LogP contribution in [0, 0.1) is 0 Å². The monoisotopic (exact) mass is 205 g/mol. The molecule has 0 aromatic heterocycles. The molecule has 0 amide bonds. The number of nitrogens with one attached hydrogen (secondary N) is 1. The molecule has 0 aliphatic heterocycles. The smallest absolute Gasteiger partial charge is 0.320 e. The lowest BCUT2D eigenvalue weighted by Gasteiger charge is -2.30. The average Bonchev–Trinajstić information content (AvgIpc) is 2.19. The van der Waals surface area contributed by atoms with Crippen LogP contribution in [0.25, 0.3) is 0 Å². The van der Waals surface area contributed by atoms with Gasteiger partial charge in [-0.05, 0) is 24.5 Å². The minimum absolute atomic E-state index is 0.460. The van der Waals surface area contributed by atoms with Gasteiger partial charge < -0.3 is 10.4 Å². The van der Waals surface area contributed by atoms with Gasteiger partial charge in [0, 0.05) is 12.5 Å². The molecule has 80 valence electrons. The summed E-state index contributed by atoms with van der Waals surface area (Å²) in [5.41, 5.74) is 2.76. The number of hydrogen-bond acceptors (Lipinski definition) is 2. The molecule has 3 nitrogen and oxygen atoms in total. The second kappa shape index (κ2) is 4.03. The molecular weight excluding hydrogens is 190 g/mol. The van der Waals surface area contributed by atoms with Gasteiger partial charge in [-0.25, -0.2) is 0 Å². The van der Waals surface area contributed by atoms with Crippen LogP contribution in [0.4, 0.5) is 0 Å². The van der Waals surface area contributed by atoms with Crippen LogP contribution >= 0.6 is 0 Å². The summed E-state index contributed by atoms with van der Waals surface area (Å²) in [6.45, 7) is 2.43. The maximum Gasteiger partial charge on any atom is 0.320 e. The van der Waals surface area contributed by atoms with Crippen molar-refractivity contribution in [3.63, 3.8) is 0 Å². The number of carbonyl (C=O) groups is 1. The standard InChI is InChI=1S/C12H15NO2/c1-8(12(14)15)13-7-10-6-9-4-2-3-5-11(9)10/h2-5,8,10,13H,6-7H2,1H3,(H,14,15). The fraction of sp³-hybridized carbons (Fsp3) is 0.417. The van der Waals surface area contributed by atoms with Gasteiger partial charge in [0.1, 0.15) is 6.04 Å². The Hall–Kier alpha value is -1.35. The third kappa shape index (κ3) is 2.02. The van der Waals surface area contributed by atoms with E-state index >= 15 is 0 Å². The molecule has 0 saturated heterocycles. The van der Waals surface area contributed by atoms with E-state index in [0.717, 1.165) is 13.0 Å². The van der Waals surface area contributed by atoms with E-state index in [1.165, 1.54) is 11.1 Å². The van der Waals surface area contributed by atoms with E-state index in [0.29, 0.717) is 5.92 Å². The van der Waals surface area contributed by atoms with Gasteiger partial charge in [-0.2, -0.15) is 0 Å². The van der Waals surface area contributed by atoms with Crippen molar-refractivity contribution in [2.75, 3.05) is 6.54 Å². The fourth-order valence-corrected chi connectivity index (χ4v) is 1.95. The molecule has 15 heavy (non-hydrogen) atoms. The maximum atomic E-state index is 10.6. The molecule has 1 aromatic carbocycles. The van der Waals surface area contributed by atoms with Crippen LogP contribution in [0.2, 0.25) is 0 Å². The van der Waals surface area contributed by atoms with Gasteiger partial charge in [-0.15, -0.1) is 0 Å². The van der Waals surface area contributed by atoms with Gasteiger partial charge in [0.15, 0.2) is 0 Å². The second-order valence-electron chi connectivity index (χ2n) is 4.07. The Morgan fingerprint density at radius 3 is 3.00 bits per heavy atom. The number of fused-ring (bicyclic) bond motifs is 1. The zero-order valence-corrected chi connectivity index (χ0v) is 8.73. The molecule has 2 N–H and O–H groups in total. The van der Waals surface area contributed by atoms with Crippen molar-refractivity contribution in [1.29, 1.82) is 0 Å². The molecule has 1 aliphatic rings. The highest BCUT2D eigenvalue weighted by molar-refractivity contribution is 5.72. The van der Waals surface area contributed by atoms with Crippen molar-refractivity contribution >= 4 is 5.97 Å². The zero-order valence-electron chi connectivity index (χ0n) is 8.73. The predicted molar refractivity (Wildman–Crippen MR) is 58.0 cm³/mol. The van der Waals surface area contributed by atoms with Crippen LogP contribution in [-0.2, 0) is 11.2 Å². The van der Waals surface area contributed by atoms with Crippen molar-refractivity contribution < 1.29 is 9.90 Å². The molecule has 1 aliphatic carbocycles. The number of benzene rings is 1. The van der Waals surface area contributed by atoms with Gasteiger partial charge in [0.05, 0.1) is 0 Å². The Balaban J connectivity index is 1.87. The van der Waals surface area contributed by atoms with Crippen LogP contribution in [0.15, 0.2) is 24.3 Å². The minimum atomic E-state index is -0.789. The summed E-state index contributed by atoms with van der Waals surface area (Å²) >= 11 is 0. The van der Waals surface area contributed by atoms with Crippen molar-refractivity contribution in [2.45, 2.75) is 25.3 Å². The van der Waals surface area contributed by atoms with Gasteiger partial charge in [0.2, 0.25) is 0 Å². The average molecular weight is 205 g/mol.